The first-order chi connectivity index (χ1) is 11.7. The maximum atomic E-state index is 12.7. The third-order valence-corrected chi connectivity index (χ3v) is 4.58. The highest BCUT2D eigenvalue weighted by Crippen LogP contribution is 2.28. The number of morpholine rings is 1. The molecule has 1 amide bonds. The van der Waals surface area contributed by atoms with Crippen LogP contribution in [0.1, 0.15) is 40.0 Å². The van der Waals surface area contributed by atoms with Gasteiger partial charge in [0.1, 0.15) is 5.75 Å². The molecule has 0 atom stereocenters. The summed E-state index contributed by atoms with van der Waals surface area (Å²) in [5.41, 5.74) is 0.781. The standard InChI is InChI=1S/C18H23NO5/c1-22-18(21)15-9-14(17(20)19-5-7-23-8-6-19)10-16(11-15)24-12-13-3-2-4-13/h9-11,13H,2-8,12H2,1H3. The van der Waals surface area contributed by atoms with Crippen molar-refractivity contribution in [1.82, 2.24) is 4.90 Å². The van der Waals surface area contributed by atoms with Gasteiger partial charge in [-0.2, -0.15) is 0 Å². The summed E-state index contributed by atoms with van der Waals surface area (Å²) in [7, 11) is 1.33. The van der Waals surface area contributed by atoms with Crippen LogP contribution < -0.4 is 4.74 Å². The highest BCUT2D eigenvalue weighted by molar-refractivity contribution is 5.98. The van der Waals surface area contributed by atoms with Gasteiger partial charge in [0.25, 0.3) is 5.91 Å². The molecule has 0 spiro atoms. The first-order valence-electron chi connectivity index (χ1n) is 8.40. The van der Waals surface area contributed by atoms with Gasteiger partial charge in [-0.25, -0.2) is 4.79 Å². The normalized spacial score (nSPS) is 18.0. The Morgan fingerprint density at radius 1 is 1.17 bits per heavy atom. The number of rotatable bonds is 5. The number of benzene rings is 1. The fraction of sp³-hybridized carbons (Fsp3) is 0.556. The van der Waals surface area contributed by atoms with Crippen molar-refractivity contribution in [3.8, 4) is 5.75 Å². The van der Waals surface area contributed by atoms with Crippen molar-refractivity contribution in [2.45, 2.75) is 19.3 Å². The zero-order chi connectivity index (χ0) is 16.9. The SMILES string of the molecule is COC(=O)c1cc(OCC2CCC2)cc(C(=O)N2CCOCC2)c1. The zero-order valence-electron chi connectivity index (χ0n) is 14.0. The molecule has 24 heavy (non-hydrogen) atoms. The molecule has 1 aliphatic heterocycles. The molecule has 6 nitrogen and oxygen atoms in total. The van der Waals surface area contributed by atoms with Gasteiger partial charge in [-0.1, -0.05) is 6.42 Å². The third kappa shape index (κ3) is 3.87. The van der Waals surface area contributed by atoms with E-state index in [0.717, 1.165) is 0 Å². The van der Waals surface area contributed by atoms with Gasteiger partial charge in [0.2, 0.25) is 0 Å². The van der Waals surface area contributed by atoms with Crippen molar-refractivity contribution in [2.75, 3.05) is 40.0 Å². The second-order valence-electron chi connectivity index (χ2n) is 6.25. The van der Waals surface area contributed by atoms with Crippen LogP contribution in [0.5, 0.6) is 5.75 Å². The summed E-state index contributed by atoms with van der Waals surface area (Å²) in [6.07, 6.45) is 3.60. The minimum atomic E-state index is -0.472. The number of hydrogen-bond donors (Lipinski definition) is 0. The summed E-state index contributed by atoms with van der Waals surface area (Å²) in [5, 5.41) is 0. The Kier molecular flexibility index (Phi) is 5.35. The Morgan fingerprint density at radius 3 is 2.50 bits per heavy atom. The Bertz CT molecular complexity index is 605. The molecule has 0 aromatic heterocycles. The molecule has 1 aromatic carbocycles. The molecule has 2 fully saturated rings. The maximum Gasteiger partial charge on any atom is 0.338 e. The van der Waals surface area contributed by atoms with E-state index in [4.69, 9.17) is 14.2 Å². The number of carbonyl (C=O) groups is 2. The molecule has 1 saturated heterocycles. The van der Waals surface area contributed by atoms with Crippen LogP contribution in [0, 0.1) is 5.92 Å². The highest BCUT2D eigenvalue weighted by atomic mass is 16.5. The second kappa shape index (κ2) is 7.66. The summed E-state index contributed by atoms with van der Waals surface area (Å²) in [6.45, 7) is 2.80. The lowest BCUT2D eigenvalue weighted by Crippen LogP contribution is -2.40. The molecule has 1 aromatic rings. The van der Waals surface area contributed by atoms with Crippen molar-refractivity contribution >= 4 is 11.9 Å². The Hall–Kier alpha value is -2.08. The van der Waals surface area contributed by atoms with Crippen LogP contribution in [0.4, 0.5) is 0 Å². The van der Waals surface area contributed by atoms with Gasteiger partial charge in [-0.3, -0.25) is 4.79 Å². The molecule has 0 N–H and O–H groups in total. The van der Waals surface area contributed by atoms with E-state index in [1.165, 1.54) is 26.4 Å². The van der Waals surface area contributed by atoms with Crippen molar-refractivity contribution < 1.29 is 23.8 Å². The summed E-state index contributed by atoms with van der Waals surface area (Å²) < 4.78 is 15.9. The monoisotopic (exact) mass is 333 g/mol. The lowest BCUT2D eigenvalue weighted by molar-refractivity contribution is 0.0302. The van der Waals surface area contributed by atoms with Crippen LogP contribution in [0.15, 0.2) is 18.2 Å². The van der Waals surface area contributed by atoms with Crippen LogP contribution in [0.25, 0.3) is 0 Å². The average molecular weight is 333 g/mol. The largest absolute Gasteiger partial charge is 0.493 e. The Balaban J connectivity index is 1.79. The number of carbonyl (C=O) groups excluding carboxylic acids is 2. The van der Waals surface area contributed by atoms with E-state index in [9.17, 15) is 9.59 Å². The number of hydrogen-bond acceptors (Lipinski definition) is 5. The molecule has 0 radical (unpaired) electrons. The smallest absolute Gasteiger partial charge is 0.338 e. The van der Waals surface area contributed by atoms with Gasteiger partial charge in [-0.05, 0) is 37.0 Å². The molecule has 0 unspecified atom stereocenters. The van der Waals surface area contributed by atoms with E-state index in [-0.39, 0.29) is 5.91 Å². The molecular formula is C18H23NO5. The summed E-state index contributed by atoms with van der Waals surface area (Å²) >= 11 is 0. The molecule has 130 valence electrons. The molecular weight excluding hydrogens is 310 g/mol. The highest BCUT2D eigenvalue weighted by Gasteiger charge is 2.22. The fourth-order valence-corrected chi connectivity index (χ4v) is 2.86. The Labute approximate surface area is 141 Å². The minimum absolute atomic E-state index is 0.113. The quantitative estimate of drug-likeness (QED) is 0.772. The van der Waals surface area contributed by atoms with Crippen molar-refractivity contribution in [3.63, 3.8) is 0 Å². The zero-order valence-corrected chi connectivity index (χ0v) is 14.0. The average Bonchev–Trinajstić information content (AvgIpc) is 2.59. The van der Waals surface area contributed by atoms with Crippen molar-refractivity contribution in [3.05, 3.63) is 29.3 Å². The van der Waals surface area contributed by atoms with Crippen LogP contribution in [0.3, 0.4) is 0 Å². The molecule has 1 heterocycles. The predicted molar refractivity (Wildman–Crippen MR) is 87.3 cm³/mol. The van der Waals surface area contributed by atoms with E-state index in [2.05, 4.69) is 0 Å². The lowest BCUT2D eigenvalue weighted by atomic mass is 9.86. The number of amides is 1. The topological polar surface area (TPSA) is 65.1 Å². The summed E-state index contributed by atoms with van der Waals surface area (Å²) in [4.78, 5) is 26.3. The van der Waals surface area contributed by atoms with Crippen molar-refractivity contribution in [2.24, 2.45) is 5.92 Å². The molecule has 2 aliphatic rings. The summed E-state index contributed by atoms with van der Waals surface area (Å²) in [5.74, 6) is 0.532. The van der Waals surface area contributed by atoms with Crippen molar-refractivity contribution in [1.29, 1.82) is 0 Å². The first-order valence-corrected chi connectivity index (χ1v) is 8.40. The van der Waals surface area contributed by atoms with Gasteiger partial charge < -0.3 is 19.1 Å². The number of ether oxygens (including phenoxy) is 3. The predicted octanol–water partition coefficient (Wildman–Crippen LogP) is 2.12. The molecule has 6 heteroatoms. The summed E-state index contributed by atoms with van der Waals surface area (Å²) in [6, 6.07) is 4.92. The van der Waals surface area contributed by atoms with Gasteiger partial charge in [-0.15, -0.1) is 0 Å². The van der Waals surface area contributed by atoms with Gasteiger partial charge in [0.05, 0.1) is 32.5 Å². The third-order valence-electron chi connectivity index (χ3n) is 4.58. The first kappa shape index (κ1) is 16.8. The van der Waals surface area contributed by atoms with E-state index in [1.807, 2.05) is 0 Å². The minimum Gasteiger partial charge on any atom is -0.493 e. The fourth-order valence-electron chi connectivity index (χ4n) is 2.86. The molecule has 1 aliphatic carbocycles. The second-order valence-corrected chi connectivity index (χ2v) is 6.25. The lowest BCUT2D eigenvalue weighted by Gasteiger charge is -2.27. The van der Waals surface area contributed by atoms with E-state index in [1.54, 1.807) is 23.1 Å². The van der Waals surface area contributed by atoms with Crippen LogP contribution in [-0.2, 0) is 9.47 Å². The van der Waals surface area contributed by atoms with Crippen LogP contribution >= 0.6 is 0 Å². The number of methoxy groups -OCH3 is 1. The Morgan fingerprint density at radius 2 is 1.88 bits per heavy atom. The maximum absolute atomic E-state index is 12.7. The van der Waals surface area contributed by atoms with Crippen LogP contribution in [-0.4, -0.2) is 56.8 Å². The van der Waals surface area contributed by atoms with Gasteiger partial charge in [0.15, 0.2) is 0 Å². The molecule has 3 rings (SSSR count). The molecule has 1 saturated carbocycles. The number of nitrogens with zero attached hydrogens (tertiary/aromatic N) is 1. The van der Waals surface area contributed by atoms with E-state index in [0.29, 0.717) is 55.7 Å². The number of esters is 1. The van der Waals surface area contributed by atoms with E-state index < -0.39 is 5.97 Å². The molecule has 0 bridgehead atoms. The van der Waals surface area contributed by atoms with Gasteiger partial charge >= 0.3 is 5.97 Å². The van der Waals surface area contributed by atoms with E-state index >= 15 is 0 Å². The van der Waals surface area contributed by atoms with Gasteiger partial charge in [0, 0.05) is 18.7 Å². The van der Waals surface area contributed by atoms with Crippen LogP contribution in [0.2, 0.25) is 0 Å².